The lowest BCUT2D eigenvalue weighted by molar-refractivity contribution is 0.574. The molecule has 8 heteroatoms. The van der Waals surface area contributed by atoms with Gasteiger partial charge >= 0.3 is 0 Å². The molecule has 0 fully saturated rings. The Labute approximate surface area is 140 Å². The van der Waals surface area contributed by atoms with Crippen molar-refractivity contribution in [1.29, 1.82) is 0 Å². The standard InChI is InChI=1S/C13H9BrCl2FNO2S/c14-9-1-2-13(17)8(3-9)7-18-21(19,20)12-5-10(15)4-11(16)6-12/h1-6,18H,7H2. The van der Waals surface area contributed by atoms with Gasteiger partial charge in [0.25, 0.3) is 0 Å². The van der Waals surface area contributed by atoms with Crippen LogP contribution in [-0.4, -0.2) is 8.42 Å². The summed E-state index contributed by atoms with van der Waals surface area (Å²) in [5.74, 6) is -0.495. The predicted octanol–water partition coefficient (Wildman–Crippen LogP) is 4.37. The fourth-order valence-corrected chi connectivity index (χ4v) is 3.76. The van der Waals surface area contributed by atoms with Gasteiger partial charge in [0.05, 0.1) is 4.90 Å². The number of halogens is 4. The zero-order valence-corrected chi connectivity index (χ0v) is 14.3. The van der Waals surface area contributed by atoms with E-state index in [-0.39, 0.29) is 27.0 Å². The second-order valence-corrected chi connectivity index (χ2v) is 7.72. The fraction of sp³-hybridized carbons (Fsp3) is 0.0769. The Kier molecular flexibility index (Phi) is 5.27. The molecule has 0 bridgehead atoms. The molecule has 0 atom stereocenters. The number of benzene rings is 2. The smallest absolute Gasteiger partial charge is 0.207 e. The quantitative estimate of drug-likeness (QED) is 0.810. The molecule has 21 heavy (non-hydrogen) atoms. The summed E-state index contributed by atoms with van der Waals surface area (Å²) < 4.78 is 40.8. The molecule has 0 radical (unpaired) electrons. The molecule has 3 nitrogen and oxygen atoms in total. The zero-order valence-electron chi connectivity index (χ0n) is 10.4. The summed E-state index contributed by atoms with van der Waals surface area (Å²) in [4.78, 5) is -0.0737. The molecule has 112 valence electrons. The number of sulfonamides is 1. The number of hydrogen-bond donors (Lipinski definition) is 1. The zero-order chi connectivity index (χ0) is 15.6. The van der Waals surface area contributed by atoms with Crippen molar-refractivity contribution < 1.29 is 12.8 Å². The van der Waals surface area contributed by atoms with Gasteiger partial charge in [-0.1, -0.05) is 39.1 Å². The Morgan fingerprint density at radius 3 is 2.33 bits per heavy atom. The average molecular weight is 413 g/mol. The lowest BCUT2D eigenvalue weighted by Crippen LogP contribution is -2.23. The first kappa shape index (κ1) is 16.7. The summed E-state index contributed by atoms with van der Waals surface area (Å²) in [6.07, 6.45) is 0. The Balaban J connectivity index is 2.23. The fourth-order valence-electron chi connectivity index (χ4n) is 1.62. The highest BCUT2D eigenvalue weighted by molar-refractivity contribution is 9.10. The second kappa shape index (κ2) is 6.62. The van der Waals surface area contributed by atoms with Crippen LogP contribution in [0.2, 0.25) is 10.0 Å². The molecule has 0 aliphatic carbocycles. The molecular weight excluding hydrogens is 404 g/mol. The van der Waals surface area contributed by atoms with Crippen LogP contribution >= 0.6 is 39.1 Å². The molecule has 2 aromatic carbocycles. The molecule has 0 heterocycles. The van der Waals surface area contributed by atoms with Crippen LogP contribution in [0, 0.1) is 5.82 Å². The van der Waals surface area contributed by atoms with Crippen molar-refractivity contribution >= 4 is 49.2 Å². The van der Waals surface area contributed by atoms with Crippen molar-refractivity contribution in [3.8, 4) is 0 Å². The maximum absolute atomic E-state index is 13.6. The van der Waals surface area contributed by atoms with Crippen molar-refractivity contribution in [2.24, 2.45) is 0 Å². The monoisotopic (exact) mass is 411 g/mol. The summed E-state index contributed by atoms with van der Waals surface area (Å²) in [6, 6.07) is 8.26. The molecular formula is C13H9BrCl2FNO2S. The highest BCUT2D eigenvalue weighted by atomic mass is 79.9. The minimum atomic E-state index is -3.83. The molecule has 2 rings (SSSR count). The molecule has 0 aromatic heterocycles. The van der Waals surface area contributed by atoms with Crippen LogP contribution in [0.5, 0.6) is 0 Å². The van der Waals surface area contributed by atoms with Crippen LogP contribution < -0.4 is 4.72 Å². The lowest BCUT2D eigenvalue weighted by Gasteiger charge is -2.09. The topological polar surface area (TPSA) is 46.2 Å². The first-order valence-electron chi connectivity index (χ1n) is 5.67. The Morgan fingerprint density at radius 1 is 1.10 bits per heavy atom. The van der Waals surface area contributed by atoms with Crippen LogP contribution in [0.15, 0.2) is 45.8 Å². The van der Waals surface area contributed by atoms with E-state index in [1.54, 1.807) is 0 Å². The van der Waals surface area contributed by atoms with E-state index in [1.807, 2.05) is 0 Å². The van der Waals surface area contributed by atoms with Crippen LogP contribution in [0.4, 0.5) is 4.39 Å². The maximum Gasteiger partial charge on any atom is 0.240 e. The third kappa shape index (κ3) is 4.40. The van der Waals surface area contributed by atoms with E-state index in [0.717, 1.165) is 0 Å². The second-order valence-electron chi connectivity index (χ2n) is 4.17. The van der Waals surface area contributed by atoms with E-state index in [1.165, 1.54) is 36.4 Å². The van der Waals surface area contributed by atoms with Gasteiger partial charge in [0.2, 0.25) is 10.0 Å². The first-order chi connectivity index (χ1) is 9.78. The van der Waals surface area contributed by atoms with E-state index in [0.29, 0.717) is 4.47 Å². The molecule has 0 aliphatic rings. The van der Waals surface area contributed by atoms with Crippen LogP contribution in [0.3, 0.4) is 0 Å². The van der Waals surface area contributed by atoms with Crippen molar-refractivity contribution in [1.82, 2.24) is 4.72 Å². The Hall–Kier alpha value is -0.660. The first-order valence-corrected chi connectivity index (χ1v) is 8.71. The van der Waals surface area contributed by atoms with Gasteiger partial charge in [-0.05, 0) is 36.4 Å². The normalized spacial score (nSPS) is 11.6. The third-order valence-corrected chi connectivity index (χ3v) is 4.92. The predicted molar refractivity (Wildman–Crippen MR) is 84.6 cm³/mol. The van der Waals surface area contributed by atoms with Gasteiger partial charge in [0.15, 0.2) is 0 Å². The van der Waals surface area contributed by atoms with Crippen LogP contribution in [0.25, 0.3) is 0 Å². The largest absolute Gasteiger partial charge is 0.240 e. The van der Waals surface area contributed by atoms with Gasteiger partial charge in [-0.2, -0.15) is 0 Å². The van der Waals surface area contributed by atoms with Gasteiger partial charge < -0.3 is 0 Å². The molecule has 2 aromatic rings. The Bertz CT molecular complexity index is 763. The van der Waals surface area contributed by atoms with Gasteiger partial charge in [0.1, 0.15) is 5.82 Å². The van der Waals surface area contributed by atoms with Crippen LogP contribution in [-0.2, 0) is 16.6 Å². The summed E-state index contributed by atoms with van der Waals surface area (Å²) in [5, 5.41) is 0.410. The lowest BCUT2D eigenvalue weighted by atomic mass is 10.2. The van der Waals surface area contributed by atoms with Crippen LogP contribution in [0.1, 0.15) is 5.56 Å². The van der Waals surface area contributed by atoms with E-state index >= 15 is 0 Å². The molecule has 0 saturated carbocycles. The van der Waals surface area contributed by atoms with Crippen molar-refractivity contribution in [2.45, 2.75) is 11.4 Å². The number of nitrogens with one attached hydrogen (secondary N) is 1. The summed E-state index contributed by atoms with van der Waals surface area (Å²) in [5.41, 5.74) is 0.223. The molecule has 0 unspecified atom stereocenters. The molecule has 0 spiro atoms. The number of hydrogen-bond acceptors (Lipinski definition) is 2. The summed E-state index contributed by atoms with van der Waals surface area (Å²) >= 11 is 14.8. The van der Waals surface area contributed by atoms with E-state index in [9.17, 15) is 12.8 Å². The molecule has 0 aliphatic heterocycles. The molecule has 0 amide bonds. The Morgan fingerprint density at radius 2 is 1.71 bits per heavy atom. The van der Waals surface area contributed by atoms with E-state index in [2.05, 4.69) is 20.7 Å². The summed E-state index contributed by atoms with van der Waals surface area (Å²) in [7, 11) is -3.83. The van der Waals surface area contributed by atoms with E-state index in [4.69, 9.17) is 23.2 Å². The third-order valence-electron chi connectivity index (χ3n) is 2.61. The minimum Gasteiger partial charge on any atom is -0.207 e. The van der Waals surface area contributed by atoms with E-state index < -0.39 is 15.8 Å². The van der Waals surface area contributed by atoms with Gasteiger partial charge in [-0.3, -0.25) is 0 Å². The average Bonchev–Trinajstić information content (AvgIpc) is 2.39. The highest BCUT2D eigenvalue weighted by Crippen LogP contribution is 2.22. The van der Waals surface area contributed by atoms with Gasteiger partial charge in [-0.25, -0.2) is 17.5 Å². The van der Waals surface area contributed by atoms with Crippen molar-refractivity contribution in [2.75, 3.05) is 0 Å². The van der Waals surface area contributed by atoms with Crippen molar-refractivity contribution in [3.63, 3.8) is 0 Å². The van der Waals surface area contributed by atoms with Gasteiger partial charge in [0, 0.05) is 26.6 Å². The van der Waals surface area contributed by atoms with Crippen molar-refractivity contribution in [3.05, 3.63) is 62.3 Å². The SMILES string of the molecule is O=S(=O)(NCc1cc(Br)ccc1F)c1cc(Cl)cc(Cl)c1. The molecule has 0 saturated heterocycles. The highest BCUT2D eigenvalue weighted by Gasteiger charge is 2.16. The molecule has 1 N–H and O–H groups in total. The number of rotatable bonds is 4. The van der Waals surface area contributed by atoms with Gasteiger partial charge in [-0.15, -0.1) is 0 Å². The summed E-state index contributed by atoms with van der Waals surface area (Å²) in [6.45, 7) is -0.183. The maximum atomic E-state index is 13.6. The minimum absolute atomic E-state index is 0.0737.